The van der Waals surface area contributed by atoms with Crippen molar-refractivity contribution in [2.45, 2.75) is 12.7 Å². The molecule has 5 nitrogen and oxygen atoms in total. The standard InChI is InChI=1S/C12H12F3N5/c13-12(14,15)9-4-10(19-11(5-9)20-16)18-7-8-2-1-3-17-6-8/h1-6H,7,16H2,(H2,18,19,20). The van der Waals surface area contributed by atoms with Gasteiger partial charge in [-0.05, 0) is 23.8 Å². The minimum absolute atomic E-state index is 0.0616. The maximum Gasteiger partial charge on any atom is 0.416 e. The van der Waals surface area contributed by atoms with Crippen LogP contribution in [0.1, 0.15) is 11.1 Å². The third kappa shape index (κ3) is 3.58. The van der Waals surface area contributed by atoms with Crippen LogP contribution in [0.15, 0.2) is 36.7 Å². The molecular weight excluding hydrogens is 271 g/mol. The molecule has 2 rings (SSSR count). The zero-order valence-electron chi connectivity index (χ0n) is 10.3. The van der Waals surface area contributed by atoms with Gasteiger partial charge in [-0.3, -0.25) is 4.98 Å². The summed E-state index contributed by atoms with van der Waals surface area (Å²) >= 11 is 0. The van der Waals surface area contributed by atoms with Gasteiger partial charge in [0.15, 0.2) is 0 Å². The average Bonchev–Trinajstić information content (AvgIpc) is 2.45. The van der Waals surface area contributed by atoms with Crippen molar-refractivity contribution in [2.75, 3.05) is 10.7 Å². The van der Waals surface area contributed by atoms with Crippen LogP contribution >= 0.6 is 0 Å². The van der Waals surface area contributed by atoms with Crippen molar-refractivity contribution < 1.29 is 13.2 Å². The van der Waals surface area contributed by atoms with Gasteiger partial charge in [0.05, 0.1) is 5.56 Å². The first-order valence-corrected chi connectivity index (χ1v) is 5.68. The fourth-order valence-electron chi connectivity index (χ4n) is 1.55. The van der Waals surface area contributed by atoms with Crippen LogP contribution < -0.4 is 16.6 Å². The molecule has 0 atom stereocenters. The molecule has 0 unspecified atom stereocenters. The number of nitrogens with zero attached hydrogens (tertiary/aromatic N) is 2. The van der Waals surface area contributed by atoms with Gasteiger partial charge in [0, 0.05) is 18.9 Å². The number of alkyl halides is 3. The molecule has 0 bridgehead atoms. The number of halogens is 3. The molecule has 8 heteroatoms. The maximum absolute atomic E-state index is 12.7. The van der Waals surface area contributed by atoms with Crippen LogP contribution in [0.2, 0.25) is 0 Å². The first-order chi connectivity index (χ1) is 9.49. The Morgan fingerprint density at radius 2 is 1.95 bits per heavy atom. The number of nitrogens with two attached hydrogens (primary N) is 1. The largest absolute Gasteiger partial charge is 0.416 e. The van der Waals surface area contributed by atoms with Gasteiger partial charge in [0.1, 0.15) is 11.6 Å². The van der Waals surface area contributed by atoms with Crippen LogP contribution in [0.4, 0.5) is 24.8 Å². The van der Waals surface area contributed by atoms with E-state index in [0.29, 0.717) is 6.54 Å². The van der Waals surface area contributed by atoms with Crippen LogP contribution in [0, 0.1) is 0 Å². The number of nitrogen functional groups attached to an aromatic ring is 1. The van der Waals surface area contributed by atoms with E-state index in [-0.39, 0.29) is 11.6 Å². The highest BCUT2D eigenvalue weighted by molar-refractivity contribution is 5.49. The molecule has 0 aromatic carbocycles. The molecular formula is C12H12F3N5. The minimum atomic E-state index is -4.46. The highest BCUT2D eigenvalue weighted by Crippen LogP contribution is 2.31. The topological polar surface area (TPSA) is 75.9 Å². The lowest BCUT2D eigenvalue weighted by Gasteiger charge is -2.12. The highest BCUT2D eigenvalue weighted by atomic mass is 19.4. The molecule has 0 aliphatic carbocycles. The number of rotatable bonds is 4. The van der Waals surface area contributed by atoms with Gasteiger partial charge >= 0.3 is 6.18 Å². The average molecular weight is 283 g/mol. The number of aromatic nitrogens is 2. The maximum atomic E-state index is 12.7. The molecule has 2 aromatic rings. The Hall–Kier alpha value is -2.35. The van der Waals surface area contributed by atoms with E-state index in [0.717, 1.165) is 17.7 Å². The molecule has 20 heavy (non-hydrogen) atoms. The van der Waals surface area contributed by atoms with Crippen LogP contribution in [0.25, 0.3) is 0 Å². The van der Waals surface area contributed by atoms with Gasteiger partial charge in [-0.25, -0.2) is 10.8 Å². The number of pyridine rings is 2. The molecule has 0 saturated heterocycles. The van der Waals surface area contributed by atoms with E-state index < -0.39 is 11.7 Å². The molecule has 0 aliphatic rings. The van der Waals surface area contributed by atoms with Crippen molar-refractivity contribution in [3.8, 4) is 0 Å². The van der Waals surface area contributed by atoms with Crippen molar-refractivity contribution in [3.05, 3.63) is 47.8 Å². The summed E-state index contributed by atoms with van der Waals surface area (Å²) in [7, 11) is 0. The first-order valence-electron chi connectivity index (χ1n) is 5.68. The summed E-state index contributed by atoms with van der Waals surface area (Å²) in [6.07, 6.45) is -1.23. The summed E-state index contributed by atoms with van der Waals surface area (Å²) in [5.74, 6) is 5.14. The summed E-state index contributed by atoms with van der Waals surface area (Å²) in [4.78, 5) is 7.83. The predicted molar refractivity (Wildman–Crippen MR) is 68.6 cm³/mol. The number of nitrogens with one attached hydrogen (secondary N) is 2. The Kier molecular flexibility index (Phi) is 4.04. The van der Waals surface area contributed by atoms with Crippen LogP contribution in [0.5, 0.6) is 0 Å². The van der Waals surface area contributed by atoms with Crippen molar-refractivity contribution >= 4 is 11.6 Å². The zero-order valence-corrected chi connectivity index (χ0v) is 10.3. The normalized spacial score (nSPS) is 11.2. The summed E-state index contributed by atoms with van der Waals surface area (Å²) < 4.78 is 38.1. The SMILES string of the molecule is NNc1cc(C(F)(F)F)cc(NCc2cccnc2)n1. The lowest BCUT2D eigenvalue weighted by Crippen LogP contribution is -2.13. The highest BCUT2D eigenvalue weighted by Gasteiger charge is 2.31. The van der Waals surface area contributed by atoms with Crippen LogP contribution in [-0.4, -0.2) is 9.97 Å². The monoisotopic (exact) mass is 283 g/mol. The van der Waals surface area contributed by atoms with Gasteiger partial charge < -0.3 is 10.7 Å². The summed E-state index contributed by atoms with van der Waals surface area (Å²) in [5.41, 5.74) is 2.12. The van der Waals surface area contributed by atoms with Gasteiger partial charge in [0.2, 0.25) is 0 Å². The second-order valence-electron chi connectivity index (χ2n) is 3.98. The molecule has 0 spiro atoms. The van der Waals surface area contributed by atoms with E-state index in [9.17, 15) is 13.2 Å². The second-order valence-corrected chi connectivity index (χ2v) is 3.98. The van der Waals surface area contributed by atoms with E-state index in [1.165, 1.54) is 0 Å². The molecule has 0 aliphatic heterocycles. The fraction of sp³-hybridized carbons (Fsp3) is 0.167. The van der Waals surface area contributed by atoms with E-state index in [4.69, 9.17) is 5.84 Å². The van der Waals surface area contributed by atoms with Gasteiger partial charge in [0.25, 0.3) is 0 Å². The molecule has 4 N–H and O–H groups in total. The van der Waals surface area contributed by atoms with Gasteiger partial charge in [-0.1, -0.05) is 6.07 Å². The molecule has 0 fully saturated rings. The molecule has 0 saturated carbocycles. The van der Waals surface area contributed by atoms with E-state index in [2.05, 4.69) is 20.7 Å². The third-order valence-corrected chi connectivity index (χ3v) is 2.50. The number of hydrazine groups is 1. The van der Waals surface area contributed by atoms with E-state index in [1.54, 1.807) is 24.5 Å². The smallest absolute Gasteiger partial charge is 0.366 e. The summed E-state index contributed by atoms with van der Waals surface area (Å²) in [5, 5.41) is 2.80. The number of hydrogen-bond donors (Lipinski definition) is 3. The Balaban J connectivity index is 2.19. The molecule has 2 heterocycles. The molecule has 0 amide bonds. The number of hydrogen-bond acceptors (Lipinski definition) is 5. The van der Waals surface area contributed by atoms with Crippen LogP contribution in [-0.2, 0) is 12.7 Å². The van der Waals surface area contributed by atoms with Crippen LogP contribution in [0.3, 0.4) is 0 Å². The van der Waals surface area contributed by atoms with Crippen molar-refractivity contribution in [1.82, 2.24) is 9.97 Å². The van der Waals surface area contributed by atoms with Gasteiger partial charge in [-0.2, -0.15) is 13.2 Å². The number of anilines is 2. The lowest BCUT2D eigenvalue weighted by molar-refractivity contribution is -0.137. The van der Waals surface area contributed by atoms with Crippen molar-refractivity contribution in [3.63, 3.8) is 0 Å². The molecule has 2 aromatic heterocycles. The quantitative estimate of drug-likeness (QED) is 0.593. The van der Waals surface area contributed by atoms with Crippen molar-refractivity contribution in [1.29, 1.82) is 0 Å². The summed E-state index contributed by atoms with van der Waals surface area (Å²) in [6, 6.07) is 5.31. The zero-order chi connectivity index (χ0) is 14.6. The fourth-order valence-corrected chi connectivity index (χ4v) is 1.55. The molecule has 0 radical (unpaired) electrons. The first kappa shape index (κ1) is 14.1. The third-order valence-electron chi connectivity index (χ3n) is 2.50. The lowest BCUT2D eigenvalue weighted by atomic mass is 10.2. The predicted octanol–water partition coefficient (Wildman–Crippen LogP) is 2.39. The summed E-state index contributed by atoms with van der Waals surface area (Å²) in [6.45, 7) is 0.312. The molecule has 106 valence electrons. The Bertz CT molecular complexity index is 571. The van der Waals surface area contributed by atoms with E-state index >= 15 is 0 Å². The Morgan fingerprint density at radius 1 is 1.20 bits per heavy atom. The second kappa shape index (κ2) is 5.74. The Morgan fingerprint density at radius 3 is 2.55 bits per heavy atom. The minimum Gasteiger partial charge on any atom is -0.366 e. The van der Waals surface area contributed by atoms with Crippen molar-refractivity contribution in [2.24, 2.45) is 5.84 Å². The Labute approximate surface area is 113 Å². The van der Waals surface area contributed by atoms with Gasteiger partial charge in [-0.15, -0.1) is 0 Å². The van der Waals surface area contributed by atoms with E-state index in [1.807, 2.05) is 0 Å².